The molecule has 5 heterocycles. The van der Waals surface area contributed by atoms with Gasteiger partial charge in [-0.25, -0.2) is 4.98 Å². The largest absolute Gasteiger partial charge is 0.308 e. The van der Waals surface area contributed by atoms with Crippen LogP contribution in [0.25, 0.3) is 97.9 Å². The zero-order chi connectivity index (χ0) is 34.4. The molecule has 0 bridgehead atoms. The Hall–Kier alpha value is -7.17. The van der Waals surface area contributed by atoms with E-state index < -0.39 is 0 Å². The highest BCUT2D eigenvalue weighted by atomic mass is 15.2. The normalized spacial score (nSPS) is 12.5. The van der Waals surface area contributed by atoms with Crippen molar-refractivity contribution in [2.75, 3.05) is 4.90 Å². The minimum Gasteiger partial charge on any atom is -0.308 e. The molecule has 0 fully saturated rings. The minimum absolute atomic E-state index is 1.01. The topological polar surface area (TPSA) is 24.9 Å². The standard InChI is InChI=1S/C49H28N4/c1-3-16-31(17-4-1)51(32-18-5-2-6-19-32)40-25-13-23-36-42-33-20-9-7-15-30(33)27-38-43-41(52(46(36)40)48(38)42)28-50-49-45(43)44-34-21-10-8-14-29(34)26-37-35-22-11-12-24-39(35)53(49)47(37)44/h1-28H. The highest BCUT2D eigenvalue weighted by Gasteiger charge is 2.28. The maximum Gasteiger partial charge on any atom is 0.146 e. The van der Waals surface area contributed by atoms with Gasteiger partial charge in [0.2, 0.25) is 0 Å². The van der Waals surface area contributed by atoms with Crippen LogP contribution in [0.2, 0.25) is 0 Å². The number of para-hydroxylation sites is 4. The summed E-state index contributed by atoms with van der Waals surface area (Å²) in [6.07, 6.45) is 2.14. The molecule has 4 nitrogen and oxygen atoms in total. The Labute approximate surface area is 302 Å². The lowest BCUT2D eigenvalue weighted by Gasteiger charge is -2.26. The summed E-state index contributed by atoms with van der Waals surface area (Å²) < 4.78 is 4.95. The molecule has 0 aliphatic carbocycles. The summed E-state index contributed by atoms with van der Waals surface area (Å²) in [5, 5.41) is 15.1. The van der Waals surface area contributed by atoms with Gasteiger partial charge in [-0.15, -0.1) is 0 Å². The minimum atomic E-state index is 1.01. The second kappa shape index (κ2) is 9.78. The molecule has 13 rings (SSSR count). The summed E-state index contributed by atoms with van der Waals surface area (Å²) in [5.74, 6) is 0. The van der Waals surface area contributed by atoms with Gasteiger partial charge in [-0.05, 0) is 70.1 Å². The molecule has 0 aliphatic rings. The van der Waals surface area contributed by atoms with Crippen LogP contribution in [0.3, 0.4) is 0 Å². The molecule has 53 heavy (non-hydrogen) atoms. The molecular formula is C49H28N4. The van der Waals surface area contributed by atoms with Gasteiger partial charge >= 0.3 is 0 Å². The van der Waals surface area contributed by atoms with Crippen LogP contribution in [-0.4, -0.2) is 13.8 Å². The first-order valence-electron chi connectivity index (χ1n) is 18.2. The van der Waals surface area contributed by atoms with E-state index in [0.29, 0.717) is 0 Å². The molecular weight excluding hydrogens is 645 g/mol. The highest BCUT2D eigenvalue weighted by molar-refractivity contribution is 6.41. The number of rotatable bonds is 3. The zero-order valence-electron chi connectivity index (χ0n) is 28.5. The highest BCUT2D eigenvalue weighted by Crippen LogP contribution is 2.51. The van der Waals surface area contributed by atoms with Gasteiger partial charge in [0.1, 0.15) is 5.65 Å². The second-order valence-electron chi connectivity index (χ2n) is 14.3. The van der Waals surface area contributed by atoms with Crippen molar-refractivity contribution < 1.29 is 0 Å². The van der Waals surface area contributed by atoms with Crippen LogP contribution < -0.4 is 4.90 Å². The van der Waals surface area contributed by atoms with Crippen molar-refractivity contribution in [2.24, 2.45) is 0 Å². The monoisotopic (exact) mass is 672 g/mol. The predicted octanol–water partition coefficient (Wildman–Crippen LogP) is 13.2. The molecule has 8 aromatic carbocycles. The van der Waals surface area contributed by atoms with E-state index in [2.05, 4.69) is 184 Å². The van der Waals surface area contributed by atoms with E-state index in [1.807, 2.05) is 0 Å². The van der Waals surface area contributed by atoms with E-state index in [0.717, 1.165) is 28.2 Å². The molecule has 13 aromatic rings. The van der Waals surface area contributed by atoms with Crippen LogP contribution >= 0.6 is 0 Å². The van der Waals surface area contributed by atoms with E-state index in [-0.39, 0.29) is 0 Å². The third kappa shape index (κ3) is 3.34. The van der Waals surface area contributed by atoms with Gasteiger partial charge in [-0.3, -0.25) is 4.40 Å². The van der Waals surface area contributed by atoms with Gasteiger partial charge < -0.3 is 9.30 Å². The maximum absolute atomic E-state index is 5.45. The molecule has 0 radical (unpaired) electrons. The Kier molecular flexibility index (Phi) is 5.08. The Morgan fingerprint density at radius 2 is 0.962 bits per heavy atom. The Balaban J connectivity index is 1.31. The molecule has 0 N–H and O–H groups in total. The molecule has 0 saturated heterocycles. The Bertz CT molecular complexity index is 3580. The van der Waals surface area contributed by atoms with Crippen molar-refractivity contribution >= 4 is 115 Å². The lowest BCUT2D eigenvalue weighted by molar-refractivity contribution is 1.25. The second-order valence-corrected chi connectivity index (χ2v) is 14.3. The van der Waals surface area contributed by atoms with Gasteiger partial charge in [0.25, 0.3) is 0 Å². The quantitative estimate of drug-likeness (QED) is 0.187. The summed E-state index contributed by atoms with van der Waals surface area (Å²) in [6.45, 7) is 0. The predicted molar refractivity (Wildman–Crippen MR) is 223 cm³/mol. The summed E-state index contributed by atoms with van der Waals surface area (Å²) in [6, 6.07) is 59.6. The van der Waals surface area contributed by atoms with E-state index >= 15 is 0 Å². The fourth-order valence-corrected chi connectivity index (χ4v) is 9.72. The van der Waals surface area contributed by atoms with Crippen LogP contribution in [0.4, 0.5) is 17.1 Å². The lowest BCUT2D eigenvalue weighted by atomic mass is 9.97. The molecule has 0 unspecified atom stereocenters. The first kappa shape index (κ1) is 27.5. The third-order valence-corrected chi connectivity index (χ3v) is 11.7. The average molecular weight is 673 g/mol. The number of nitrogens with zero attached hydrogens (tertiary/aromatic N) is 4. The third-order valence-electron chi connectivity index (χ3n) is 11.7. The van der Waals surface area contributed by atoms with E-state index in [1.165, 1.54) is 86.7 Å². The number of anilines is 3. The van der Waals surface area contributed by atoms with Crippen molar-refractivity contribution in [3.63, 3.8) is 0 Å². The molecule has 0 atom stereocenters. The van der Waals surface area contributed by atoms with E-state index in [9.17, 15) is 0 Å². The first-order chi connectivity index (χ1) is 26.3. The van der Waals surface area contributed by atoms with Gasteiger partial charge in [0.05, 0.1) is 39.5 Å². The van der Waals surface area contributed by atoms with Crippen molar-refractivity contribution in [1.82, 2.24) is 13.8 Å². The smallest absolute Gasteiger partial charge is 0.146 e. The van der Waals surface area contributed by atoms with Gasteiger partial charge in [0.15, 0.2) is 0 Å². The first-order valence-corrected chi connectivity index (χ1v) is 18.2. The molecule has 5 aromatic heterocycles. The summed E-state index contributed by atoms with van der Waals surface area (Å²) in [5.41, 5.74) is 10.4. The number of hydrogen-bond donors (Lipinski definition) is 0. The van der Waals surface area contributed by atoms with Crippen LogP contribution in [0, 0.1) is 0 Å². The summed E-state index contributed by atoms with van der Waals surface area (Å²) >= 11 is 0. The van der Waals surface area contributed by atoms with Crippen LogP contribution in [0.1, 0.15) is 0 Å². The van der Waals surface area contributed by atoms with Crippen molar-refractivity contribution in [1.29, 1.82) is 0 Å². The molecule has 244 valence electrons. The molecule has 4 heteroatoms. The molecule has 0 amide bonds. The van der Waals surface area contributed by atoms with Crippen molar-refractivity contribution in [3.8, 4) is 0 Å². The van der Waals surface area contributed by atoms with Gasteiger partial charge in [-0.1, -0.05) is 115 Å². The van der Waals surface area contributed by atoms with E-state index in [4.69, 9.17) is 4.98 Å². The zero-order valence-corrected chi connectivity index (χ0v) is 28.5. The number of hydrogen-bond acceptors (Lipinski definition) is 2. The number of aromatic nitrogens is 3. The molecule has 0 aliphatic heterocycles. The maximum atomic E-state index is 5.45. The average Bonchev–Trinajstić information content (AvgIpc) is 3.95. The SMILES string of the molecule is c1ccc(N(c2ccccc2)c2cccc3c4c5ccccc5cc5c6c7c8c9ccccc9cc9c%10ccccc%10n(c7ncc6n(c23)c54)c98)cc1. The van der Waals surface area contributed by atoms with Crippen LogP contribution in [0.15, 0.2) is 170 Å². The van der Waals surface area contributed by atoms with Gasteiger partial charge in [0, 0.05) is 54.5 Å². The summed E-state index contributed by atoms with van der Waals surface area (Å²) in [4.78, 5) is 7.85. The number of fused-ring (bicyclic) bond motifs is 17. The number of pyridine rings is 1. The fourth-order valence-electron chi connectivity index (χ4n) is 9.72. The number of benzene rings is 8. The Morgan fingerprint density at radius 3 is 1.70 bits per heavy atom. The van der Waals surface area contributed by atoms with E-state index in [1.54, 1.807) is 0 Å². The van der Waals surface area contributed by atoms with Crippen LogP contribution in [-0.2, 0) is 0 Å². The summed E-state index contributed by atoms with van der Waals surface area (Å²) in [7, 11) is 0. The van der Waals surface area contributed by atoms with Crippen molar-refractivity contribution in [2.45, 2.75) is 0 Å². The molecule has 0 saturated carbocycles. The van der Waals surface area contributed by atoms with Gasteiger partial charge in [-0.2, -0.15) is 0 Å². The lowest BCUT2D eigenvalue weighted by Crippen LogP contribution is -2.10. The molecule has 0 spiro atoms. The fraction of sp³-hybridized carbons (Fsp3) is 0. The van der Waals surface area contributed by atoms with Crippen molar-refractivity contribution in [3.05, 3.63) is 170 Å². The Morgan fingerprint density at radius 1 is 0.377 bits per heavy atom. The van der Waals surface area contributed by atoms with Crippen LogP contribution in [0.5, 0.6) is 0 Å².